The molecule has 4 nitrogen and oxygen atoms in total. The molecule has 0 aliphatic rings. The Kier molecular flexibility index (Phi) is 4.32. The smallest absolute Gasteiger partial charge is 0.341 e. The Bertz CT molecular complexity index is 407. The normalized spacial score (nSPS) is 9.94. The van der Waals surface area contributed by atoms with E-state index in [0.717, 1.165) is 0 Å². The first-order chi connectivity index (χ1) is 7.51. The predicted octanol–water partition coefficient (Wildman–Crippen LogP) is 2.36. The molecule has 0 saturated carbocycles. The van der Waals surface area contributed by atoms with Crippen LogP contribution < -0.4 is 0 Å². The average molecular weight is 308 g/mol. The maximum absolute atomic E-state index is 11.4. The molecule has 0 atom stereocenters. The number of carbonyl (C=O) groups excluding carboxylic acids is 2. The largest absolute Gasteiger partial charge is 0.506 e. The van der Waals surface area contributed by atoms with E-state index in [-0.39, 0.29) is 17.0 Å². The summed E-state index contributed by atoms with van der Waals surface area (Å²) in [6.07, 6.45) is 0. The van der Waals surface area contributed by atoms with Gasteiger partial charge in [0.25, 0.3) is 0 Å². The van der Waals surface area contributed by atoms with Gasteiger partial charge >= 0.3 is 5.97 Å². The Morgan fingerprint density at radius 3 is 2.50 bits per heavy atom. The van der Waals surface area contributed by atoms with Gasteiger partial charge in [-0.05, 0) is 12.1 Å². The lowest BCUT2D eigenvalue weighted by molar-refractivity contribution is 0.0597. The highest BCUT2D eigenvalue weighted by molar-refractivity contribution is 9.10. The van der Waals surface area contributed by atoms with E-state index in [0.29, 0.717) is 4.47 Å². The molecule has 1 N–H and O–H groups in total. The van der Waals surface area contributed by atoms with Gasteiger partial charge < -0.3 is 9.84 Å². The first kappa shape index (κ1) is 13.0. The number of halogens is 2. The average Bonchev–Trinajstić information content (AvgIpc) is 2.29. The van der Waals surface area contributed by atoms with Crippen molar-refractivity contribution >= 4 is 39.3 Å². The van der Waals surface area contributed by atoms with Crippen molar-refractivity contribution in [1.29, 1.82) is 0 Å². The van der Waals surface area contributed by atoms with E-state index in [1.54, 1.807) is 0 Å². The summed E-state index contributed by atoms with van der Waals surface area (Å²) in [5.41, 5.74) is -0.0879. The summed E-state index contributed by atoms with van der Waals surface area (Å²) in [5, 5.41) is 9.72. The molecule has 1 aromatic carbocycles. The molecule has 0 bridgehead atoms. The minimum Gasteiger partial charge on any atom is -0.506 e. The first-order valence-corrected chi connectivity index (χ1v) is 5.54. The second-order valence-electron chi connectivity index (χ2n) is 2.90. The van der Waals surface area contributed by atoms with Gasteiger partial charge in [-0.15, -0.1) is 11.6 Å². The van der Waals surface area contributed by atoms with Crippen LogP contribution in [-0.4, -0.2) is 29.8 Å². The Morgan fingerprint density at radius 1 is 1.44 bits per heavy atom. The lowest BCUT2D eigenvalue weighted by Gasteiger charge is -2.07. The summed E-state index contributed by atoms with van der Waals surface area (Å²) in [7, 11) is 1.19. The van der Waals surface area contributed by atoms with Gasteiger partial charge in [0.05, 0.1) is 18.6 Å². The number of carbonyl (C=O) groups is 2. The molecule has 0 aromatic heterocycles. The van der Waals surface area contributed by atoms with Crippen molar-refractivity contribution in [1.82, 2.24) is 0 Å². The number of rotatable bonds is 3. The maximum Gasteiger partial charge on any atom is 0.341 e. The molecule has 1 aromatic rings. The first-order valence-electron chi connectivity index (χ1n) is 4.21. The summed E-state index contributed by atoms with van der Waals surface area (Å²) in [6.45, 7) is 0. The number of Topliss-reactive ketones (excluding diaryl/α,β-unsaturated/α-hetero) is 1. The van der Waals surface area contributed by atoms with Crippen molar-refractivity contribution in [2.45, 2.75) is 0 Å². The van der Waals surface area contributed by atoms with Gasteiger partial charge in [-0.2, -0.15) is 0 Å². The third-order valence-electron chi connectivity index (χ3n) is 1.90. The lowest BCUT2D eigenvalue weighted by atomic mass is 10.1. The number of alkyl halides is 1. The number of ether oxygens (including phenoxy) is 1. The Morgan fingerprint density at radius 2 is 2.00 bits per heavy atom. The van der Waals surface area contributed by atoms with E-state index >= 15 is 0 Å². The van der Waals surface area contributed by atoms with Crippen LogP contribution in [0.4, 0.5) is 0 Å². The van der Waals surface area contributed by atoms with Crippen LogP contribution >= 0.6 is 27.5 Å². The number of methoxy groups -OCH3 is 1. The summed E-state index contributed by atoms with van der Waals surface area (Å²) >= 11 is 8.51. The van der Waals surface area contributed by atoms with Crippen LogP contribution in [0.2, 0.25) is 0 Å². The second-order valence-corrected chi connectivity index (χ2v) is 4.08. The molecule has 0 fully saturated rings. The number of aromatic hydroxyl groups is 1. The minimum absolute atomic E-state index is 0.00947. The van der Waals surface area contributed by atoms with Crippen LogP contribution in [0.3, 0.4) is 0 Å². The quantitative estimate of drug-likeness (QED) is 0.529. The monoisotopic (exact) mass is 306 g/mol. The number of ketones is 1. The molecule has 6 heteroatoms. The van der Waals surface area contributed by atoms with Crippen molar-refractivity contribution in [3.05, 3.63) is 27.7 Å². The van der Waals surface area contributed by atoms with E-state index in [1.165, 1.54) is 19.2 Å². The molecule has 0 amide bonds. The third kappa shape index (κ3) is 2.54. The zero-order valence-electron chi connectivity index (χ0n) is 8.29. The van der Waals surface area contributed by atoms with Crippen LogP contribution in [0.1, 0.15) is 20.7 Å². The fraction of sp³-hybridized carbons (Fsp3) is 0.200. The second kappa shape index (κ2) is 5.32. The molecule has 0 spiro atoms. The number of hydrogen-bond donors (Lipinski definition) is 1. The van der Waals surface area contributed by atoms with E-state index in [9.17, 15) is 14.7 Å². The van der Waals surface area contributed by atoms with E-state index in [4.69, 9.17) is 11.6 Å². The predicted molar refractivity (Wildman–Crippen MR) is 62.2 cm³/mol. The SMILES string of the molecule is COC(=O)c1cc(Br)cc(C(=O)CCl)c1O. The highest BCUT2D eigenvalue weighted by atomic mass is 79.9. The standard InChI is InChI=1S/C10H8BrClO4/c1-16-10(15)7-3-5(11)2-6(9(7)14)8(13)4-12/h2-3,14H,4H2,1H3. The van der Waals surface area contributed by atoms with Gasteiger partial charge in [-0.1, -0.05) is 15.9 Å². The van der Waals surface area contributed by atoms with Crippen molar-refractivity contribution in [3.8, 4) is 5.75 Å². The van der Waals surface area contributed by atoms with Crippen LogP contribution in [0.15, 0.2) is 16.6 Å². The molecule has 0 unspecified atom stereocenters. The van der Waals surface area contributed by atoms with Gasteiger partial charge in [0.15, 0.2) is 5.78 Å². The zero-order chi connectivity index (χ0) is 12.3. The minimum atomic E-state index is -0.720. The molecular weight excluding hydrogens is 299 g/mol. The summed E-state index contributed by atoms with van der Waals surface area (Å²) in [5.74, 6) is -1.88. The Hall–Kier alpha value is -1.07. The molecule has 86 valence electrons. The van der Waals surface area contributed by atoms with Crippen LogP contribution in [-0.2, 0) is 4.74 Å². The molecule has 0 heterocycles. The van der Waals surface area contributed by atoms with Crippen LogP contribution in [0.25, 0.3) is 0 Å². The number of phenolic OH excluding ortho intramolecular Hbond substituents is 1. The van der Waals surface area contributed by atoms with Crippen LogP contribution in [0.5, 0.6) is 5.75 Å². The van der Waals surface area contributed by atoms with E-state index < -0.39 is 17.5 Å². The molecular formula is C10H8BrClO4. The molecule has 0 aliphatic carbocycles. The van der Waals surface area contributed by atoms with Crippen molar-refractivity contribution in [2.75, 3.05) is 13.0 Å². The molecule has 0 radical (unpaired) electrons. The maximum atomic E-state index is 11.4. The summed E-state index contributed by atoms with van der Waals surface area (Å²) in [4.78, 5) is 22.7. The van der Waals surface area contributed by atoms with Crippen molar-refractivity contribution in [2.24, 2.45) is 0 Å². The molecule has 1 rings (SSSR count). The number of hydrogen-bond acceptors (Lipinski definition) is 4. The van der Waals surface area contributed by atoms with E-state index in [2.05, 4.69) is 20.7 Å². The zero-order valence-corrected chi connectivity index (χ0v) is 10.6. The third-order valence-corrected chi connectivity index (χ3v) is 2.60. The Balaban J connectivity index is 3.37. The molecule has 0 aliphatic heterocycles. The van der Waals surface area contributed by atoms with Gasteiger partial charge in [-0.25, -0.2) is 4.79 Å². The number of benzene rings is 1. The topological polar surface area (TPSA) is 63.6 Å². The number of esters is 1. The van der Waals surface area contributed by atoms with Gasteiger partial charge in [0.1, 0.15) is 11.3 Å². The molecule has 0 saturated heterocycles. The van der Waals surface area contributed by atoms with Gasteiger partial charge in [0, 0.05) is 4.47 Å². The fourth-order valence-corrected chi connectivity index (χ4v) is 1.75. The number of phenols is 1. The van der Waals surface area contributed by atoms with Crippen LogP contribution in [0, 0.1) is 0 Å². The Labute approximate surface area is 105 Å². The van der Waals surface area contributed by atoms with Gasteiger partial charge in [0.2, 0.25) is 0 Å². The fourth-order valence-electron chi connectivity index (χ4n) is 1.15. The summed E-state index contributed by atoms with van der Waals surface area (Å²) in [6, 6.07) is 2.76. The lowest BCUT2D eigenvalue weighted by Crippen LogP contribution is -2.07. The highest BCUT2D eigenvalue weighted by Crippen LogP contribution is 2.28. The van der Waals surface area contributed by atoms with Crippen molar-refractivity contribution in [3.63, 3.8) is 0 Å². The van der Waals surface area contributed by atoms with E-state index in [1.807, 2.05) is 0 Å². The van der Waals surface area contributed by atoms with Crippen molar-refractivity contribution < 1.29 is 19.4 Å². The molecule has 16 heavy (non-hydrogen) atoms. The highest BCUT2D eigenvalue weighted by Gasteiger charge is 2.19. The van der Waals surface area contributed by atoms with Gasteiger partial charge in [-0.3, -0.25) is 4.79 Å². The summed E-state index contributed by atoms with van der Waals surface area (Å²) < 4.78 is 4.96.